The summed E-state index contributed by atoms with van der Waals surface area (Å²) in [5.41, 5.74) is 1.67. The molecule has 0 aliphatic rings. The van der Waals surface area contributed by atoms with E-state index in [1.54, 1.807) is 6.20 Å². The standard InChI is InChI=1S/C19H24N2O5/c1-11(2)7-12(9-17(22)23)18(24)21-16(19(25)26)8-13-10-20-15-6-4-3-5-14(13)15/h3-6,10-12,16,20H,7-9H2,1-2H3,(H,21,24)(H,22,23)(H,25,26)/t12?,16-/m0/s1. The molecule has 1 aromatic heterocycles. The number of hydrogen-bond donors (Lipinski definition) is 4. The Morgan fingerprint density at radius 3 is 2.46 bits per heavy atom. The number of carbonyl (C=O) groups is 3. The topological polar surface area (TPSA) is 119 Å². The molecule has 1 unspecified atom stereocenters. The minimum Gasteiger partial charge on any atom is -0.481 e. The van der Waals surface area contributed by atoms with E-state index in [1.807, 2.05) is 38.1 Å². The van der Waals surface area contributed by atoms with Crippen molar-refractivity contribution >= 4 is 28.7 Å². The first-order valence-electron chi connectivity index (χ1n) is 8.58. The van der Waals surface area contributed by atoms with Gasteiger partial charge < -0.3 is 20.5 Å². The minimum absolute atomic E-state index is 0.118. The summed E-state index contributed by atoms with van der Waals surface area (Å²) in [4.78, 5) is 38.2. The van der Waals surface area contributed by atoms with Crippen molar-refractivity contribution in [3.63, 3.8) is 0 Å². The van der Waals surface area contributed by atoms with E-state index < -0.39 is 29.8 Å². The minimum atomic E-state index is -1.15. The van der Waals surface area contributed by atoms with Gasteiger partial charge in [-0.1, -0.05) is 32.0 Å². The summed E-state index contributed by atoms with van der Waals surface area (Å²) in [6.45, 7) is 3.78. The molecule has 26 heavy (non-hydrogen) atoms. The third-order valence-electron chi connectivity index (χ3n) is 4.26. The number of benzene rings is 1. The molecule has 0 fully saturated rings. The highest BCUT2D eigenvalue weighted by atomic mass is 16.4. The lowest BCUT2D eigenvalue weighted by Gasteiger charge is -2.20. The van der Waals surface area contributed by atoms with Crippen molar-refractivity contribution in [2.24, 2.45) is 11.8 Å². The summed E-state index contributed by atoms with van der Waals surface area (Å²) in [7, 11) is 0. The van der Waals surface area contributed by atoms with Crippen LogP contribution < -0.4 is 5.32 Å². The molecule has 2 rings (SSSR count). The first-order valence-corrected chi connectivity index (χ1v) is 8.58. The number of aliphatic carboxylic acids is 2. The maximum Gasteiger partial charge on any atom is 0.326 e. The molecule has 0 saturated carbocycles. The van der Waals surface area contributed by atoms with E-state index >= 15 is 0 Å². The molecule has 0 aliphatic carbocycles. The van der Waals surface area contributed by atoms with Gasteiger partial charge in [0.1, 0.15) is 6.04 Å². The number of H-pyrrole nitrogens is 1. The van der Waals surface area contributed by atoms with Crippen LogP contribution in [-0.2, 0) is 20.8 Å². The van der Waals surface area contributed by atoms with E-state index in [4.69, 9.17) is 5.11 Å². The number of carboxylic acid groups (broad SMARTS) is 2. The van der Waals surface area contributed by atoms with Crippen LogP contribution in [0.2, 0.25) is 0 Å². The Labute approximate surface area is 151 Å². The highest BCUT2D eigenvalue weighted by Crippen LogP contribution is 2.20. The number of carboxylic acids is 2. The number of nitrogens with one attached hydrogen (secondary N) is 2. The maximum atomic E-state index is 12.5. The molecule has 7 heteroatoms. The number of hydrogen-bond acceptors (Lipinski definition) is 3. The lowest BCUT2D eigenvalue weighted by atomic mass is 9.92. The molecule has 0 saturated heterocycles. The van der Waals surface area contributed by atoms with Crippen LogP contribution in [0.15, 0.2) is 30.5 Å². The van der Waals surface area contributed by atoms with Gasteiger partial charge in [0.15, 0.2) is 0 Å². The molecule has 4 N–H and O–H groups in total. The number of amides is 1. The van der Waals surface area contributed by atoms with Crippen molar-refractivity contribution in [1.82, 2.24) is 10.3 Å². The molecule has 140 valence electrons. The highest BCUT2D eigenvalue weighted by molar-refractivity contribution is 5.88. The summed E-state index contributed by atoms with van der Waals surface area (Å²) >= 11 is 0. The van der Waals surface area contributed by atoms with E-state index in [9.17, 15) is 19.5 Å². The summed E-state index contributed by atoms with van der Waals surface area (Å²) in [5.74, 6) is -3.38. The largest absolute Gasteiger partial charge is 0.481 e. The SMILES string of the molecule is CC(C)CC(CC(=O)O)C(=O)N[C@@H](Cc1c[nH]c2ccccc12)C(=O)O. The van der Waals surface area contributed by atoms with Crippen LogP contribution in [0.3, 0.4) is 0 Å². The van der Waals surface area contributed by atoms with Crippen LogP contribution in [0.5, 0.6) is 0 Å². The van der Waals surface area contributed by atoms with Gasteiger partial charge in [-0.3, -0.25) is 9.59 Å². The van der Waals surface area contributed by atoms with Gasteiger partial charge in [-0.25, -0.2) is 4.79 Å². The van der Waals surface area contributed by atoms with Gasteiger partial charge in [0.25, 0.3) is 0 Å². The lowest BCUT2D eigenvalue weighted by Crippen LogP contribution is -2.45. The Morgan fingerprint density at radius 2 is 1.85 bits per heavy atom. The second-order valence-corrected chi connectivity index (χ2v) is 6.89. The number of carbonyl (C=O) groups excluding carboxylic acids is 1. The zero-order valence-corrected chi connectivity index (χ0v) is 14.9. The van der Waals surface area contributed by atoms with Gasteiger partial charge in [0, 0.05) is 29.4 Å². The Hall–Kier alpha value is -2.83. The molecule has 1 heterocycles. The van der Waals surface area contributed by atoms with Gasteiger partial charge in [0.05, 0.1) is 6.42 Å². The first kappa shape index (κ1) is 19.5. The summed E-state index contributed by atoms with van der Waals surface area (Å²) in [6, 6.07) is 6.39. The van der Waals surface area contributed by atoms with Crippen LogP contribution in [0, 0.1) is 11.8 Å². The molecule has 0 spiro atoms. The second-order valence-electron chi connectivity index (χ2n) is 6.89. The first-order chi connectivity index (χ1) is 12.3. The average Bonchev–Trinajstić information content (AvgIpc) is 2.95. The van der Waals surface area contributed by atoms with Gasteiger partial charge in [0.2, 0.25) is 5.91 Å². The zero-order valence-electron chi connectivity index (χ0n) is 14.9. The van der Waals surface area contributed by atoms with Crippen molar-refractivity contribution in [3.05, 3.63) is 36.0 Å². The van der Waals surface area contributed by atoms with Crippen molar-refractivity contribution in [2.75, 3.05) is 0 Å². The predicted octanol–water partition coefficient (Wildman–Crippen LogP) is 2.42. The third kappa shape index (κ3) is 5.08. The molecule has 2 atom stereocenters. The van der Waals surface area contributed by atoms with Crippen LogP contribution >= 0.6 is 0 Å². The molecule has 7 nitrogen and oxygen atoms in total. The lowest BCUT2D eigenvalue weighted by molar-refractivity contribution is -0.144. The molecule has 0 radical (unpaired) electrons. The van der Waals surface area contributed by atoms with Crippen LogP contribution in [0.1, 0.15) is 32.3 Å². The van der Waals surface area contributed by atoms with Crippen molar-refractivity contribution < 1.29 is 24.6 Å². The number of rotatable bonds is 9. The van der Waals surface area contributed by atoms with E-state index in [0.29, 0.717) is 6.42 Å². The molecule has 1 aromatic carbocycles. The smallest absolute Gasteiger partial charge is 0.326 e. The number of aromatic nitrogens is 1. The quantitative estimate of drug-likeness (QED) is 0.547. The molecule has 0 aliphatic heterocycles. The Bertz CT molecular complexity index is 796. The fraction of sp³-hybridized carbons (Fsp3) is 0.421. The number of fused-ring (bicyclic) bond motifs is 1. The Kier molecular flexibility index (Phi) is 6.38. The molecule has 1 amide bonds. The van der Waals surface area contributed by atoms with Crippen molar-refractivity contribution in [2.45, 2.75) is 39.2 Å². The van der Waals surface area contributed by atoms with Gasteiger partial charge >= 0.3 is 11.9 Å². The number of para-hydroxylation sites is 1. The van der Waals surface area contributed by atoms with Crippen LogP contribution in [-0.4, -0.2) is 39.1 Å². The van der Waals surface area contributed by atoms with E-state index in [0.717, 1.165) is 16.5 Å². The van der Waals surface area contributed by atoms with E-state index in [2.05, 4.69) is 10.3 Å². The van der Waals surface area contributed by atoms with Gasteiger partial charge in [-0.2, -0.15) is 0 Å². The fourth-order valence-electron chi connectivity index (χ4n) is 3.07. The molecule has 0 bridgehead atoms. The Morgan fingerprint density at radius 1 is 1.15 bits per heavy atom. The molecular formula is C19H24N2O5. The van der Waals surface area contributed by atoms with Crippen LogP contribution in [0.4, 0.5) is 0 Å². The van der Waals surface area contributed by atoms with Gasteiger partial charge in [-0.05, 0) is 24.0 Å². The van der Waals surface area contributed by atoms with Crippen molar-refractivity contribution in [3.8, 4) is 0 Å². The maximum absolute atomic E-state index is 12.5. The monoisotopic (exact) mass is 360 g/mol. The van der Waals surface area contributed by atoms with E-state index in [1.165, 1.54) is 0 Å². The molecular weight excluding hydrogens is 336 g/mol. The highest BCUT2D eigenvalue weighted by Gasteiger charge is 2.28. The predicted molar refractivity (Wildman–Crippen MR) is 96.8 cm³/mol. The molecule has 2 aromatic rings. The summed E-state index contributed by atoms with van der Waals surface area (Å²) in [5, 5.41) is 21.9. The fourth-order valence-corrected chi connectivity index (χ4v) is 3.07. The third-order valence-corrected chi connectivity index (χ3v) is 4.26. The summed E-state index contributed by atoms with van der Waals surface area (Å²) in [6.07, 6.45) is 1.92. The number of aromatic amines is 1. The van der Waals surface area contributed by atoms with Crippen LogP contribution in [0.25, 0.3) is 10.9 Å². The second kappa shape index (κ2) is 8.51. The van der Waals surface area contributed by atoms with Crippen molar-refractivity contribution in [1.29, 1.82) is 0 Å². The van der Waals surface area contributed by atoms with E-state index in [-0.39, 0.29) is 18.8 Å². The average molecular weight is 360 g/mol. The van der Waals surface area contributed by atoms with Gasteiger partial charge in [-0.15, -0.1) is 0 Å². The summed E-state index contributed by atoms with van der Waals surface area (Å²) < 4.78 is 0. The Balaban J connectivity index is 2.14. The normalized spacial score (nSPS) is 13.5. The zero-order chi connectivity index (χ0) is 19.3.